The summed E-state index contributed by atoms with van der Waals surface area (Å²) in [6.45, 7) is 8.92. The maximum atomic E-state index is 6.81. The van der Waals surface area contributed by atoms with Crippen molar-refractivity contribution in [3.05, 3.63) is 230 Å². The SMILES string of the molecule is CC(C)c1ccc(N(c2ccc3c(c2)oc2cc4ccccc4cc23)c2ccc3c(c2)oc2cc4cc5oc6cc(N(c7ccc(C(C)C)cc7)c7ccc8c(c7)oc7cc9ccccc9cc78)ccc6c5cc4cc23)cc1. The largest absolute Gasteiger partial charge is 0.456 e. The summed E-state index contributed by atoms with van der Waals surface area (Å²) in [7, 11) is 0. The van der Waals surface area contributed by atoms with Gasteiger partial charge in [0.05, 0.1) is 0 Å². The van der Waals surface area contributed by atoms with E-state index in [0.29, 0.717) is 11.8 Å². The Morgan fingerprint density at radius 3 is 0.782 bits per heavy atom. The number of hydrogen-bond acceptors (Lipinski definition) is 6. The Kier molecular flexibility index (Phi) is 9.62. The van der Waals surface area contributed by atoms with Gasteiger partial charge in [0.1, 0.15) is 44.7 Å². The molecule has 0 fully saturated rings. The van der Waals surface area contributed by atoms with Crippen LogP contribution >= 0.6 is 0 Å². The van der Waals surface area contributed by atoms with Crippen LogP contribution in [-0.2, 0) is 0 Å². The number of anilines is 6. The number of nitrogens with zero attached hydrogens (tertiary/aromatic N) is 2. The van der Waals surface area contributed by atoms with Crippen molar-refractivity contribution >= 4 is 154 Å². The van der Waals surface area contributed by atoms with Crippen molar-refractivity contribution in [2.45, 2.75) is 39.5 Å². The quantitative estimate of drug-likeness (QED) is 0.151. The van der Waals surface area contributed by atoms with E-state index in [1.807, 2.05) is 0 Å². The first kappa shape index (κ1) is 44.5. The summed E-state index contributed by atoms with van der Waals surface area (Å²) >= 11 is 0. The van der Waals surface area contributed by atoms with Gasteiger partial charge in [0.15, 0.2) is 0 Å². The standard InChI is InChI=1S/C72H50N2O4/c1-41(2)43-13-17-51(18-14-43)73(53-21-25-57-61-29-45-9-5-7-11-47(45)33-65(61)75-69(57)37-53)55-23-27-59-63-31-49-32-64-60-28-24-56(40-72(60)78-68(64)36-50(49)35-67(63)77-71(59)39-55)74(52-19-15-44(16-20-52)42(3)4)54-22-26-58-62-30-46-10-6-8-12-48(46)34-66(62)76-70(58)38-54/h5-42H,1-4H3. The van der Waals surface area contributed by atoms with Crippen LogP contribution in [0, 0.1) is 0 Å². The molecule has 16 aromatic rings. The topological polar surface area (TPSA) is 59.0 Å². The van der Waals surface area contributed by atoms with E-state index in [0.717, 1.165) is 143 Å². The second kappa shape index (κ2) is 16.9. The molecule has 4 aromatic heterocycles. The highest BCUT2D eigenvalue weighted by atomic mass is 16.3. The number of hydrogen-bond donors (Lipinski definition) is 0. The van der Waals surface area contributed by atoms with Gasteiger partial charge in [-0.3, -0.25) is 0 Å². The molecule has 0 radical (unpaired) electrons. The average molecular weight is 1010 g/mol. The Balaban J connectivity index is 0.780. The molecule has 78 heavy (non-hydrogen) atoms. The zero-order chi connectivity index (χ0) is 51.9. The molecular weight excluding hydrogens is 957 g/mol. The number of furan rings is 4. The van der Waals surface area contributed by atoms with Gasteiger partial charge in [-0.15, -0.1) is 0 Å². The molecule has 0 N–H and O–H groups in total. The summed E-state index contributed by atoms with van der Waals surface area (Å²) in [5, 5.41) is 15.6. The summed E-state index contributed by atoms with van der Waals surface area (Å²) in [5.74, 6) is 0.836. The summed E-state index contributed by atoms with van der Waals surface area (Å²) in [4.78, 5) is 4.59. The minimum absolute atomic E-state index is 0.418. The van der Waals surface area contributed by atoms with Gasteiger partial charge < -0.3 is 27.5 Å². The van der Waals surface area contributed by atoms with Crippen molar-refractivity contribution in [3.8, 4) is 0 Å². The fraction of sp³-hybridized carbons (Fsp3) is 0.0833. The van der Waals surface area contributed by atoms with Crippen LogP contribution in [-0.4, -0.2) is 0 Å². The third kappa shape index (κ3) is 7.03. The molecule has 0 spiro atoms. The van der Waals surface area contributed by atoms with Crippen molar-refractivity contribution in [1.82, 2.24) is 0 Å². The number of benzene rings is 12. The lowest BCUT2D eigenvalue weighted by atomic mass is 10.0. The predicted octanol–water partition coefficient (Wildman–Crippen LogP) is 21.9. The highest BCUT2D eigenvalue weighted by Gasteiger charge is 2.22. The van der Waals surface area contributed by atoms with Gasteiger partial charge in [-0.2, -0.15) is 0 Å². The fourth-order valence-electron chi connectivity index (χ4n) is 12.1. The second-order valence-electron chi connectivity index (χ2n) is 21.7. The van der Waals surface area contributed by atoms with Gasteiger partial charge in [0, 0.05) is 101 Å². The molecule has 6 heteroatoms. The lowest BCUT2D eigenvalue weighted by Gasteiger charge is -2.26. The predicted molar refractivity (Wildman–Crippen MR) is 326 cm³/mol. The van der Waals surface area contributed by atoms with Crippen LogP contribution in [0.1, 0.15) is 50.7 Å². The molecule has 0 saturated heterocycles. The van der Waals surface area contributed by atoms with E-state index in [1.54, 1.807) is 0 Å². The maximum Gasteiger partial charge on any atom is 0.137 e. The monoisotopic (exact) mass is 1010 g/mol. The van der Waals surface area contributed by atoms with Gasteiger partial charge >= 0.3 is 0 Å². The van der Waals surface area contributed by atoms with E-state index >= 15 is 0 Å². The van der Waals surface area contributed by atoms with E-state index in [1.165, 1.54) is 21.9 Å². The molecule has 4 heterocycles. The van der Waals surface area contributed by atoms with Crippen molar-refractivity contribution in [3.63, 3.8) is 0 Å². The Morgan fingerprint density at radius 1 is 0.231 bits per heavy atom. The highest BCUT2D eigenvalue weighted by Crippen LogP contribution is 2.45. The van der Waals surface area contributed by atoms with E-state index in [-0.39, 0.29) is 0 Å². The summed E-state index contributed by atoms with van der Waals surface area (Å²) < 4.78 is 26.8. The third-order valence-corrected chi connectivity index (χ3v) is 16.3. The van der Waals surface area contributed by atoms with Gasteiger partial charge in [-0.05, 0) is 177 Å². The van der Waals surface area contributed by atoms with E-state index in [2.05, 4.69) is 256 Å². The molecule has 12 aromatic carbocycles. The molecule has 0 unspecified atom stereocenters. The van der Waals surface area contributed by atoms with Crippen molar-refractivity contribution in [2.24, 2.45) is 0 Å². The smallest absolute Gasteiger partial charge is 0.137 e. The third-order valence-electron chi connectivity index (χ3n) is 16.3. The first-order valence-electron chi connectivity index (χ1n) is 27.0. The summed E-state index contributed by atoms with van der Waals surface area (Å²) in [6, 6.07) is 78.6. The van der Waals surface area contributed by atoms with E-state index in [9.17, 15) is 0 Å². The zero-order valence-electron chi connectivity index (χ0n) is 43.5. The summed E-state index contributed by atoms with van der Waals surface area (Å²) in [5.41, 5.74) is 15.4. The first-order valence-corrected chi connectivity index (χ1v) is 27.0. The van der Waals surface area contributed by atoms with Crippen molar-refractivity contribution in [2.75, 3.05) is 9.80 Å². The molecule has 0 aliphatic rings. The lowest BCUT2D eigenvalue weighted by Crippen LogP contribution is -2.10. The Morgan fingerprint density at radius 2 is 0.474 bits per heavy atom. The molecule has 0 amide bonds. The van der Waals surface area contributed by atoms with Crippen molar-refractivity contribution < 1.29 is 17.7 Å². The molecule has 0 saturated carbocycles. The molecule has 0 bridgehead atoms. The van der Waals surface area contributed by atoms with Crippen LogP contribution in [0.4, 0.5) is 34.1 Å². The number of fused-ring (bicyclic) bond motifs is 15. The highest BCUT2D eigenvalue weighted by molar-refractivity contribution is 6.17. The Labute approximate surface area is 448 Å². The van der Waals surface area contributed by atoms with Crippen molar-refractivity contribution in [1.29, 1.82) is 0 Å². The van der Waals surface area contributed by atoms with Crippen LogP contribution < -0.4 is 9.80 Å². The first-order chi connectivity index (χ1) is 38.2. The molecule has 0 atom stereocenters. The van der Waals surface area contributed by atoms with Gasteiger partial charge in [-0.25, -0.2) is 0 Å². The van der Waals surface area contributed by atoms with Crippen LogP contribution in [0.25, 0.3) is 120 Å². The van der Waals surface area contributed by atoms with Crippen LogP contribution in [0.5, 0.6) is 0 Å². The average Bonchev–Trinajstić information content (AvgIpc) is 4.31. The second-order valence-corrected chi connectivity index (χ2v) is 21.7. The van der Waals surface area contributed by atoms with E-state index < -0.39 is 0 Å². The zero-order valence-corrected chi connectivity index (χ0v) is 43.5. The molecule has 0 aliphatic carbocycles. The Hall–Kier alpha value is -9.78. The molecule has 16 rings (SSSR count). The molecular formula is C72H50N2O4. The van der Waals surface area contributed by atoms with Gasteiger partial charge in [0.25, 0.3) is 0 Å². The lowest BCUT2D eigenvalue weighted by molar-refractivity contribution is 0.668. The van der Waals surface area contributed by atoms with Crippen LogP contribution in [0.2, 0.25) is 0 Å². The molecule has 6 nitrogen and oxygen atoms in total. The minimum Gasteiger partial charge on any atom is -0.456 e. The van der Waals surface area contributed by atoms with E-state index in [4.69, 9.17) is 17.7 Å². The fourth-order valence-corrected chi connectivity index (χ4v) is 12.1. The van der Waals surface area contributed by atoms with Crippen LogP contribution in [0.3, 0.4) is 0 Å². The Bertz CT molecular complexity index is 4790. The minimum atomic E-state index is 0.418. The molecule has 372 valence electrons. The maximum absolute atomic E-state index is 6.81. The molecule has 0 aliphatic heterocycles. The van der Waals surface area contributed by atoms with Gasteiger partial charge in [-0.1, -0.05) is 100 Å². The number of rotatable bonds is 8. The normalized spacial score (nSPS) is 12.3. The van der Waals surface area contributed by atoms with Crippen LogP contribution in [0.15, 0.2) is 236 Å². The summed E-state index contributed by atoms with van der Waals surface area (Å²) in [6.07, 6.45) is 0. The van der Waals surface area contributed by atoms with Gasteiger partial charge in [0.2, 0.25) is 0 Å².